The molecule has 0 unspecified atom stereocenters. The molecule has 0 bridgehead atoms. The molecule has 3 rings (SSSR count). The number of amides is 1. The molecule has 2 aromatic carbocycles. The van der Waals surface area contributed by atoms with Crippen molar-refractivity contribution in [2.75, 3.05) is 26.8 Å². The highest BCUT2D eigenvalue weighted by Crippen LogP contribution is 2.34. The van der Waals surface area contributed by atoms with E-state index in [1.807, 2.05) is 0 Å². The van der Waals surface area contributed by atoms with Crippen LogP contribution in [0.4, 0.5) is 4.39 Å². The van der Waals surface area contributed by atoms with Crippen LogP contribution in [-0.2, 0) is 27.2 Å². The Bertz CT molecular complexity index is 1010. The van der Waals surface area contributed by atoms with Crippen LogP contribution in [-0.4, -0.2) is 43.6 Å². The molecule has 1 saturated heterocycles. The maximum absolute atomic E-state index is 13.2. The first-order valence-electron chi connectivity index (χ1n) is 10.3. The number of methoxy groups -OCH3 is 1. The summed E-state index contributed by atoms with van der Waals surface area (Å²) in [4.78, 5) is 26.0. The van der Waals surface area contributed by atoms with Crippen LogP contribution in [0.5, 0.6) is 5.75 Å². The van der Waals surface area contributed by atoms with Gasteiger partial charge in [-0.3, -0.25) is 9.59 Å². The SMILES string of the molecule is COC(=O)Cc1cc(Cl)ccc1OCC(=O)N1CCC(C#N)(Cc2ccc(F)cc2)CC1. The lowest BCUT2D eigenvalue weighted by Crippen LogP contribution is -2.45. The van der Waals surface area contributed by atoms with Gasteiger partial charge >= 0.3 is 5.97 Å². The molecule has 0 N–H and O–H groups in total. The Balaban J connectivity index is 1.57. The quantitative estimate of drug-likeness (QED) is 0.587. The molecule has 1 amide bonds. The van der Waals surface area contributed by atoms with Gasteiger partial charge in [0.15, 0.2) is 6.61 Å². The van der Waals surface area contributed by atoms with Crippen molar-refractivity contribution in [1.82, 2.24) is 4.90 Å². The first-order chi connectivity index (χ1) is 15.3. The van der Waals surface area contributed by atoms with E-state index in [1.165, 1.54) is 19.2 Å². The van der Waals surface area contributed by atoms with Crippen molar-refractivity contribution in [3.63, 3.8) is 0 Å². The minimum Gasteiger partial charge on any atom is -0.483 e. The Kier molecular flexibility index (Phi) is 7.70. The first kappa shape index (κ1) is 23.6. The molecule has 0 aliphatic carbocycles. The van der Waals surface area contributed by atoms with Crippen molar-refractivity contribution in [3.05, 3.63) is 64.4 Å². The summed E-state index contributed by atoms with van der Waals surface area (Å²) in [6.07, 6.45) is 1.56. The van der Waals surface area contributed by atoms with E-state index in [4.69, 9.17) is 21.1 Å². The number of ether oxygens (including phenoxy) is 2. The van der Waals surface area contributed by atoms with Gasteiger partial charge in [0.1, 0.15) is 11.6 Å². The largest absolute Gasteiger partial charge is 0.483 e. The molecule has 6 nitrogen and oxygen atoms in total. The molecule has 0 aromatic heterocycles. The highest BCUT2D eigenvalue weighted by Gasteiger charge is 2.36. The van der Waals surface area contributed by atoms with E-state index < -0.39 is 11.4 Å². The lowest BCUT2D eigenvalue weighted by Gasteiger charge is -2.37. The van der Waals surface area contributed by atoms with Crippen molar-refractivity contribution < 1.29 is 23.5 Å². The molecular weight excluding hydrogens is 435 g/mol. The second kappa shape index (κ2) is 10.5. The van der Waals surface area contributed by atoms with Crippen LogP contribution in [0.2, 0.25) is 5.02 Å². The highest BCUT2D eigenvalue weighted by molar-refractivity contribution is 6.30. The Morgan fingerprint density at radius 2 is 1.88 bits per heavy atom. The fourth-order valence-electron chi connectivity index (χ4n) is 3.79. The first-order valence-corrected chi connectivity index (χ1v) is 10.6. The number of benzene rings is 2. The second-order valence-electron chi connectivity index (χ2n) is 7.87. The lowest BCUT2D eigenvalue weighted by molar-refractivity contribution is -0.139. The molecule has 1 aliphatic rings. The van der Waals surface area contributed by atoms with Gasteiger partial charge in [0.2, 0.25) is 0 Å². The number of hydrogen-bond acceptors (Lipinski definition) is 5. The van der Waals surface area contributed by atoms with Crippen LogP contribution in [0.1, 0.15) is 24.0 Å². The standard InChI is InChI=1S/C24H24ClFN2O4/c1-31-23(30)13-18-12-19(25)4-7-21(18)32-15-22(29)28-10-8-24(16-27,9-11-28)14-17-2-5-20(26)6-3-17/h2-7,12H,8-11,13-15H2,1H3. The lowest BCUT2D eigenvalue weighted by atomic mass is 9.75. The topological polar surface area (TPSA) is 79.6 Å². The van der Waals surface area contributed by atoms with E-state index in [9.17, 15) is 19.2 Å². The molecule has 1 aliphatic heterocycles. The number of esters is 1. The third kappa shape index (κ3) is 5.98. The van der Waals surface area contributed by atoms with E-state index in [0.717, 1.165) is 5.56 Å². The molecule has 0 spiro atoms. The van der Waals surface area contributed by atoms with Crippen LogP contribution in [0.3, 0.4) is 0 Å². The highest BCUT2D eigenvalue weighted by atomic mass is 35.5. The molecule has 32 heavy (non-hydrogen) atoms. The maximum Gasteiger partial charge on any atom is 0.310 e. The molecular formula is C24H24ClFN2O4. The summed E-state index contributed by atoms with van der Waals surface area (Å²) >= 11 is 6.01. The Hall–Kier alpha value is -3.11. The molecule has 1 heterocycles. The number of nitrogens with zero attached hydrogens (tertiary/aromatic N) is 2. The second-order valence-corrected chi connectivity index (χ2v) is 8.31. The fourth-order valence-corrected chi connectivity index (χ4v) is 3.99. The fraction of sp³-hybridized carbons (Fsp3) is 0.375. The van der Waals surface area contributed by atoms with Crippen LogP contribution in [0, 0.1) is 22.6 Å². The number of piperidine rings is 1. The minimum atomic E-state index is -0.584. The third-order valence-corrected chi connectivity index (χ3v) is 5.94. The molecule has 0 saturated carbocycles. The van der Waals surface area contributed by atoms with Crippen LogP contribution < -0.4 is 4.74 Å². The average Bonchev–Trinajstić information content (AvgIpc) is 2.80. The van der Waals surface area contributed by atoms with E-state index in [2.05, 4.69) is 6.07 Å². The van der Waals surface area contributed by atoms with Gasteiger partial charge in [0.05, 0.1) is 25.0 Å². The third-order valence-electron chi connectivity index (χ3n) is 5.70. The van der Waals surface area contributed by atoms with Crippen molar-refractivity contribution in [2.24, 2.45) is 5.41 Å². The summed E-state index contributed by atoms with van der Waals surface area (Å²) in [6.45, 7) is 0.687. The Morgan fingerprint density at radius 3 is 2.50 bits per heavy atom. The number of rotatable bonds is 7. The van der Waals surface area contributed by atoms with Gasteiger partial charge in [-0.15, -0.1) is 0 Å². The molecule has 8 heteroatoms. The van der Waals surface area contributed by atoms with Gasteiger partial charge in [0, 0.05) is 23.7 Å². The number of hydrogen-bond donors (Lipinski definition) is 0. The predicted octanol–water partition coefficient (Wildman–Crippen LogP) is 3.95. The van der Waals surface area contributed by atoms with Gasteiger partial charge in [-0.05, 0) is 55.2 Å². The van der Waals surface area contributed by atoms with Gasteiger partial charge in [0.25, 0.3) is 5.91 Å². The van der Waals surface area contributed by atoms with E-state index in [0.29, 0.717) is 48.7 Å². The molecule has 0 radical (unpaired) electrons. The number of halogens is 2. The van der Waals surface area contributed by atoms with Crippen LogP contribution >= 0.6 is 11.6 Å². The van der Waals surface area contributed by atoms with Crippen molar-refractivity contribution in [1.29, 1.82) is 5.26 Å². The minimum absolute atomic E-state index is 0.0155. The summed E-state index contributed by atoms with van der Waals surface area (Å²) in [5, 5.41) is 10.2. The molecule has 168 valence electrons. The average molecular weight is 459 g/mol. The smallest absolute Gasteiger partial charge is 0.310 e. The van der Waals surface area contributed by atoms with Gasteiger partial charge in [-0.25, -0.2) is 4.39 Å². The van der Waals surface area contributed by atoms with Crippen LogP contribution in [0.15, 0.2) is 42.5 Å². The zero-order chi connectivity index (χ0) is 23.1. The molecule has 1 fully saturated rings. The zero-order valence-electron chi connectivity index (χ0n) is 17.8. The normalized spacial score (nSPS) is 15.0. The van der Waals surface area contributed by atoms with Gasteiger partial charge < -0.3 is 14.4 Å². The summed E-state index contributed by atoms with van der Waals surface area (Å²) < 4.78 is 23.5. The number of nitriles is 1. The van der Waals surface area contributed by atoms with Crippen molar-refractivity contribution in [3.8, 4) is 11.8 Å². The number of carbonyl (C=O) groups is 2. The number of likely N-dealkylation sites (tertiary alicyclic amines) is 1. The Morgan fingerprint density at radius 1 is 1.19 bits per heavy atom. The summed E-state index contributed by atoms with van der Waals surface area (Å²) in [6, 6.07) is 13.4. The summed E-state index contributed by atoms with van der Waals surface area (Å²) in [5.74, 6) is -0.547. The molecule has 2 aromatic rings. The maximum atomic E-state index is 13.2. The summed E-state index contributed by atoms with van der Waals surface area (Å²) in [7, 11) is 1.30. The van der Waals surface area contributed by atoms with Crippen molar-refractivity contribution >= 4 is 23.5 Å². The van der Waals surface area contributed by atoms with Crippen molar-refractivity contribution in [2.45, 2.75) is 25.7 Å². The monoisotopic (exact) mass is 458 g/mol. The molecule has 0 atom stereocenters. The van der Waals surface area contributed by atoms with E-state index in [1.54, 1.807) is 35.2 Å². The van der Waals surface area contributed by atoms with Gasteiger partial charge in [-0.2, -0.15) is 5.26 Å². The zero-order valence-corrected chi connectivity index (χ0v) is 18.5. The van der Waals surface area contributed by atoms with E-state index in [-0.39, 0.29) is 24.8 Å². The predicted molar refractivity (Wildman–Crippen MR) is 117 cm³/mol. The van der Waals surface area contributed by atoms with Gasteiger partial charge in [-0.1, -0.05) is 23.7 Å². The Labute approximate surface area is 191 Å². The van der Waals surface area contributed by atoms with Crippen LogP contribution in [0.25, 0.3) is 0 Å². The number of carbonyl (C=O) groups excluding carboxylic acids is 2. The van der Waals surface area contributed by atoms with E-state index >= 15 is 0 Å². The summed E-state index contributed by atoms with van der Waals surface area (Å²) in [5.41, 5.74) is 0.856.